The minimum atomic E-state index is -0.567. The van der Waals surface area contributed by atoms with E-state index >= 15 is 0 Å². The van der Waals surface area contributed by atoms with Gasteiger partial charge in [0.2, 0.25) is 0 Å². The maximum Gasteiger partial charge on any atom is 0.338 e. The Morgan fingerprint density at radius 2 is 2.26 bits per heavy atom. The molecule has 0 amide bonds. The fourth-order valence-corrected chi connectivity index (χ4v) is 1.49. The largest absolute Gasteiger partial charge is 0.462 e. The summed E-state index contributed by atoms with van der Waals surface area (Å²) >= 11 is 0. The van der Waals surface area contributed by atoms with Gasteiger partial charge in [-0.25, -0.2) is 4.79 Å². The summed E-state index contributed by atoms with van der Waals surface area (Å²) in [6.07, 6.45) is 4.02. The van der Waals surface area contributed by atoms with E-state index in [0.717, 1.165) is 0 Å². The molecular weight excluding hydrogens is 248 g/mol. The summed E-state index contributed by atoms with van der Waals surface area (Å²) < 4.78 is 4.80. The van der Waals surface area contributed by atoms with Crippen LogP contribution in [0.5, 0.6) is 0 Å². The van der Waals surface area contributed by atoms with Crippen LogP contribution < -0.4 is 5.73 Å². The van der Waals surface area contributed by atoms with Gasteiger partial charge in [0.15, 0.2) is 0 Å². The van der Waals surface area contributed by atoms with Crippen LogP contribution >= 0.6 is 0 Å². The maximum atomic E-state index is 11.5. The standard InChI is InChI=1S/C13H16N2O4/c1-2-19-13(16)11-7-6-10(5-3-4-8-14)12(9-11)15(17)18/h3,5-7,9H,2,4,8,14H2,1H3. The summed E-state index contributed by atoms with van der Waals surface area (Å²) in [5.41, 5.74) is 5.82. The van der Waals surface area contributed by atoms with E-state index in [1.54, 1.807) is 19.1 Å². The molecular formula is C13H16N2O4. The molecule has 6 heteroatoms. The molecule has 1 rings (SSSR count). The monoisotopic (exact) mass is 264 g/mol. The second-order valence-electron chi connectivity index (χ2n) is 3.73. The maximum absolute atomic E-state index is 11.5. The van der Waals surface area contributed by atoms with Gasteiger partial charge in [-0.1, -0.05) is 12.2 Å². The van der Waals surface area contributed by atoms with Crippen molar-refractivity contribution in [2.24, 2.45) is 5.73 Å². The van der Waals surface area contributed by atoms with Crippen LogP contribution in [0.15, 0.2) is 24.3 Å². The molecule has 1 aromatic carbocycles. The molecule has 0 unspecified atom stereocenters. The van der Waals surface area contributed by atoms with E-state index in [-0.39, 0.29) is 17.9 Å². The topological polar surface area (TPSA) is 95.5 Å². The second kappa shape index (κ2) is 7.27. The zero-order chi connectivity index (χ0) is 14.3. The molecule has 102 valence electrons. The molecule has 0 fully saturated rings. The highest BCUT2D eigenvalue weighted by Crippen LogP contribution is 2.22. The van der Waals surface area contributed by atoms with Gasteiger partial charge in [0.25, 0.3) is 5.69 Å². The number of rotatable bonds is 6. The van der Waals surface area contributed by atoms with Gasteiger partial charge in [0.05, 0.1) is 22.7 Å². The van der Waals surface area contributed by atoms with Crippen molar-refractivity contribution in [1.29, 1.82) is 0 Å². The van der Waals surface area contributed by atoms with Crippen LogP contribution in [0.3, 0.4) is 0 Å². The highest BCUT2D eigenvalue weighted by atomic mass is 16.6. The van der Waals surface area contributed by atoms with Crippen molar-refractivity contribution < 1.29 is 14.5 Å². The molecule has 6 nitrogen and oxygen atoms in total. The molecule has 0 aliphatic rings. The van der Waals surface area contributed by atoms with Gasteiger partial charge in [-0.3, -0.25) is 10.1 Å². The lowest BCUT2D eigenvalue weighted by Crippen LogP contribution is -2.05. The van der Waals surface area contributed by atoms with Crippen molar-refractivity contribution in [3.63, 3.8) is 0 Å². The zero-order valence-electron chi connectivity index (χ0n) is 10.7. The molecule has 1 aromatic rings. The molecule has 0 aliphatic heterocycles. The van der Waals surface area contributed by atoms with Crippen LogP contribution in [0.25, 0.3) is 6.08 Å². The van der Waals surface area contributed by atoms with Crippen molar-refractivity contribution in [1.82, 2.24) is 0 Å². The Labute approximate surface area is 111 Å². The SMILES string of the molecule is CCOC(=O)c1ccc(C=CCCN)c([N+](=O)[O-])c1. The lowest BCUT2D eigenvalue weighted by Gasteiger charge is -2.03. The molecule has 0 heterocycles. The zero-order valence-corrected chi connectivity index (χ0v) is 10.7. The molecule has 0 aromatic heterocycles. The van der Waals surface area contributed by atoms with Crippen molar-refractivity contribution in [2.45, 2.75) is 13.3 Å². The van der Waals surface area contributed by atoms with Crippen LogP contribution in [0.2, 0.25) is 0 Å². The lowest BCUT2D eigenvalue weighted by molar-refractivity contribution is -0.385. The number of carbonyl (C=O) groups is 1. The Bertz CT molecular complexity index is 497. The smallest absolute Gasteiger partial charge is 0.338 e. The Morgan fingerprint density at radius 1 is 1.53 bits per heavy atom. The number of nitro groups is 1. The van der Waals surface area contributed by atoms with Gasteiger partial charge in [0, 0.05) is 6.07 Å². The number of carbonyl (C=O) groups excluding carboxylic acids is 1. The third-order valence-electron chi connectivity index (χ3n) is 2.37. The normalized spacial score (nSPS) is 10.6. The van der Waals surface area contributed by atoms with E-state index in [1.165, 1.54) is 18.2 Å². The molecule has 19 heavy (non-hydrogen) atoms. The fourth-order valence-electron chi connectivity index (χ4n) is 1.49. The molecule has 0 saturated heterocycles. The molecule has 0 bridgehead atoms. The first-order chi connectivity index (χ1) is 9.10. The summed E-state index contributed by atoms with van der Waals surface area (Å²) in [5.74, 6) is -0.567. The first kappa shape index (κ1) is 14.8. The Hall–Kier alpha value is -2.21. The van der Waals surface area contributed by atoms with Gasteiger partial charge in [-0.15, -0.1) is 0 Å². The highest BCUT2D eigenvalue weighted by Gasteiger charge is 2.16. The number of benzene rings is 1. The van der Waals surface area contributed by atoms with E-state index in [1.807, 2.05) is 0 Å². The summed E-state index contributed by atoms with van der Waals surface area (Å²) in [6, 6.07) is 4.25. The number of ether oxygens (including phenoxy) is 1. The minimum Gasteiger partial charge on any atom is -0.462 e. The minimum absolute atomic E-state index is 0.126. The summed E-state index contributed by atoms with van der Waals surface area (Å²) in [7, 11) is 0. The van der Waals surface area contributed by atoms with Crippen LogP contribution in [0.4, 0.5) is 5.69 Å². The number of esters is 1. The van der Waals surface area contributed by atoms with E-state index in [2.05, 4.69) is 0 Å². The summed E-state index contributed by atoms with van der Waals surface area (Å²) in [5, 5.41) is 11.0. The van der Waals surface area contributed by atoms with Crippen LogP contribution in [-0.4, -0.2) is 24.0 Å². The number of hydrogen-bond donors (Lipinski definition) is 1. The summed E-state index contributed by atoms with van der Waals surface area (Å²) in [6.45, 7) is 2.38. The molecule has 0 radical (unpaired) electrons. The number of nitrogens with two attached hydrogens (primary N) is 1. The van der Waals surface area contributed by atoms with Crippen molar-refractivity contribution in [3.05, 3.63) is 45.5 Å². The Kier molecular flexibility index (Phi) is 5.69. The first-order valence-electron chi connectivity index (χ1n) is 5.92. The average molecular weight is 264 g/mol. The molecule has 2 N–H and O–H groups in total. The first-order valence-corrected chi connectivity index (χ1v) is 5.92. The van der Waals surface area contributed by atoms with Crippen molar-refractivity contribution in [2.75, 3.05) is 13.2 Å². The highest BCUT2D eigenvalue weighted by molar-refractivity contribution is 5.90. The van der Waals surface area contributed by atoms with Crippen LogP contribution in [0, 0.1) is 10.1 Å². The van der Waals surface area contributed by atoms with Crippen molar-refractivity contribution >= 4 is 17.7 Å². The van der Waals surface area contributed by atoms with Gasteiger partial charge in [0.1, 0.15) is 0 Å². The third-order valence-corrected chi connectivity index (χ3v) is 2.37. The fraction of sp³-hybridized carbons (Fsp3) is 0.308. The number of nitrogens with zero attached hydrogens (tertiary/aromatic N) is 1. The van der Waals surface area contributed by atoms with E-state index < -0.39 is 10.9 Å². The Morgan fingerprint density at radius 3 is 2.84 bits per heavy atom. The lowest BCUT2D eigenvalue weighted by atomic mass is 10.1. The quantitative estimate of drug-likeness (QED) is 0.482. The van der Waals surface area contributed by atoms with Gasteiger partial charge in [-0.2, -0.15) is 0 Å². The molecule has 0 atom stereocenters. The van der Waals surface area contributed by atoms with E-state index in [4.69, 9.17) is 10.5 Å². The number of nitro benzene ring substituents is 1. The van der Waals surface area contributed by atoms with Gasteiger partial charge in [-0.05, 0) is 32.0 Å². The molecule has 0 aliphatic carbocycles. The van der Waals surface area contributed by atoms with Crippen LogP contribution in [-0.2, 0) is 4.74 Å². The predicted molar refractivity (Wildman–Crippen MR) is 71.8 cm³/mol. The average Bonchev–Trinajstić information content (AvgIpc) is 2.39. The third kappa shape index (κ3) is 4.18. The second-order valence-corrected chi connectivity index (χ2v) is 3.73. The van der Waals surface area contributed by atoms with Gasteiger partial charge < -0.3 is 10.5 Å². The van der Waals surface area contributed by atoms with E-state index in [9.17, 15) is 14.9 Å². The van der Waals surface area contributed by atoms with E-state index in [0.29, 0.717) is 18.5 Å². The number of hydrogen-bond acceptors (Lipinski definition) is 5. The molecule has 0 saturated carbocycles. The molecule has 0 spiro atoms. The van der Waals surface area contributed by atoms with Crippen molar-refractivity contribution in [3.8, 4) is 0 Å². The Balaban J connectivity index is 3.07. The predicted octanol–water partition coefficient (Wildman–Crippen LogP) is 2.13. The van der Waals surface area contributed by atoms with Gasteiger partial charge >= 0.3 is 5.97 Å². The van der Waals surface area contributed by atoms with Crippen LogP contribution in [0.1, 0.15) is 29.3 Å². The summed E-state index contributed by atoms with van der Waals surface area (Å²) in [4.78, 5) is 22.0.